The van der Waals surface area contributed by atoms with Crippen LogP contribution in [0, 0.1) is 17.5 Å². The number of benzene rings is 1. The fourth-order valence-corrected chi connectivity index (χ4v) is 1.30. The van der Waals surface area contributed by atoms with Gasteiger partial charge in [0.15, 0.2) is 23.3 Å². The molecular weight excluding hydrogens is 235 g/mol. The van der Waals surface area contributed by atoms with E-state index in [2.05, 4.69) is 20.0 Å². The number of halogens is 3. The second-order valence-electron chi connectivity index (χ2n) is 3.32. The summed E-state index contributed by atoms with van der Waals surface area (Å²) in [6.45, 7) is 0.458. The molecule has 0 atom stereocenters. The monoisotopic (exact) mass is 243 g/mol. The van der Waals surface area contributed by atoms with Gasteiger partial charge in [-0.2, -0.15) is 4.98 Å². The molecule has 90 valence electrons. The van der Waals surface area contributed by atoms with Gasteiger partial charge in [0.25, 0.3) is 0 Å². The highest BCUT2D eigenvalue weighted by atomic mass is 19.2. The Morgan fingerprint density at radius 2 is 1.82 bits per heavy atom. The molecule has 0 fully saturated rings. The van der Waals surface area contributed by atoms with Crippen LogP contribution >= 0.6 is 0 Å². The van der Waals surface area contributed by atoms with E-state index in [0.29, 0.717) is 11.4 Å². The number of nitrogens with zero attached hydrogens (tertiary/aromatic N) is 2. The summed E-state index contributed by atoms with van der Waals surface area (Å²) in [5.41, 5.74) is 0.296. The van der Waals surface area contributed by atoms with Crippen molar-refractivity contribution in [1.29, 1.82) is 0 Å². The number of hydrogen-bond donors (Lipinski definition) is 1. The first-order chi connectivity index (χ1) is 8.16. The zero-order valence-electron chi connectivity index (χ0n) is 8.58. The molecular formula is C10H8F3N3O. The van der Waals surface area contributed by atoms with Gasteiger partial charge in [0.05, 0.1) is 6.54 Å². The highest BCUT2D eigenvalue weighted by Crippen LogP contribution is 2.13. The van der Waals surface area contributed by atoms with Gasteiger partial charge in [0.1, 0.15) is 0 Å². The lowest BCUT2D eigenvalue weighted by atomic mass is 10.2. The van der Waals surface area contributed by atoms with Crippen molar-refractivity contribution in [2.75, 3.05) is 0 Å². The molecule has 0 radical (unpaired) electrons. The molecule has 0 amide bonds. The van der Waals surface area contributed by atoms with Gasteiger partial charge >= 0.3 is 0 Å². The van der Waals surface area contributed by atoms with Crippen molar-refractivity contribution < 1.29 is 17.7 Å². The minimum Gasteiger partial charge on any atom is -0.343 e. The molecule has 0 saturated heterocycles. The van der Waals surface area contributed by atoms with Gasteiger partial charge in [-0.05, 0) is 17.7 Å². The normalized spacial score (nSPS) is 10.8. The maximum Gasteiger partial charge on any atom is 0.213 e. The van der Waals surface area contributed by atoms with Crippen LogP contribution < -0.4 is 5.32 Å². The molecule has 4 nitrogen and oxygen atoms in total. The lowest BCUT2D eigenvalue weighted by Crippen LogP contribution is -2.14. The van der Waals surface area contributed by atoms with Crippen molar-refractivity contribution >= 4 is 0 Å². The second-order valence-corrected chi connectivity index (χ2v) is 3.32. The average molecular weight is 243 g/mol. The van der Waals surface area contributed by atoms with Gasteiger partial charge in [-0.3, -0.25) is 0 Å². The third-order valence-electron chi connectivity index (χ3n) is 2.06. The van der Waals surface area contributed by atoms with Crippen molar-refractivity contribution in [2.24, 2.45) is 0 Å². The molecule has 1 heterocycles. The smallest absolute Gasteiger partial charge is 0.213 e. The van der Waals surface area contributed by atoms with Gasteiger partial charge in [-0.1, -0.05) is 5.16 Å². The quantitative estimate of drug-likeness (QED) is 0.831. The Bertz CT molecular complexity index is 478. The number of rotatable bonds is 4. The lowest BCUT2D eigenvalue weighted by Gasteiger charge is -2.03. The zero-order valence-corrected chi connectivity index (χ0v) is 8.58. The van der Waals surface area contributed by atoms with Crippen molar-refractivity contribution in [2.45, 2.75) is 13.1 Å². The van der Waals surface area contributed by atoms with Crippen molar-refractivity contribution in [3.05, 3.63) is 47.4 Å². The molecule has 0 saturated carbocycles. The average Bonchev–Trinajstić information content (AvgIpc) is 2.79. The largest absolute Gasteiger partial charge is 0.343 e. The van der Waals surface area contributed by atoms with Crippen LogP contribution in [0.15, 0.2) is 23.0 Å². The van der Waals surface area contributed by atoms with E-state index in [-0.39, 0.29) is 13.1 Å². The molecule has 0 spiro atoms. The fourth-order valence-electron chi connectivity index (χ4n) is 1.30. The molecule has 7 heteroatoms. The van der Waals surface area contributed by atoms with Gasteiger partial charge in [0, 0.05) is 6.54 Å². The van der Waals surface area contributed by atoms with E-state index in [1.165, 1.54) is 6.39 Å². The van der Waals surface area contributed by atoms with Crippen molar-refractivity contribution in [3.8, 4) is 0 Å². The summed E-state index contributed by atoms with van der Waals surface area (Å²) < 4.78 is 42.9. The summed E-state index contributed by atoms with van der Waals surface area (Å²) in [6, 6.07) is 1.86. The Labute approximate surface area is 94.4 Å². The van der Waals surface area contributed by atoms with E-state index >= 15 is 0 Å². The first-order valence-electron chi connectivity index (χ1n) is 4.76. The van der Waals surface area contributed by atoms with Gasteiger partial charge in [-0.15, -0.1) is 0 Å². The standard InChI is InChI=1S/C10H8F3N3O/c11-7-1-6(2-8(12)10(7)13)3-14-4-9-15-5-17-16-9/h1-2,5,14H,3-4H2. The molecule has 0 aliphatic rings. The Kier molecular flexibility index (Phi) is 3.38. The van der Waals surface area contributed by atoms with Crippen LogP contribution in [-0.4, -0.2) is 10.1 Å². The summed E-state index contributed by atoms with van der Waals surface area (Å²) in [5.74, 6) is -3.46. The molecule has 1 aromatic heterocycles. The topological polar surface area (TPSA) is 51.0 Å². The SMILES string of the molecule is Fc1cc(CNCc2ncon2)cc(F)c1F. The van der Waals surface area contributed by atoms with E-state index in [9.17, 15) is 13.2 Å². The highest BCUT2D eigenvalue weighted by Gasteiger charge is 2.10. The number of aromatic nitrogens is 2. The minimum absolute atomic E-state index is 0.169. The summed E-state index contributed by atoms with van der Waals surface area (Å²) in [5, 5.41) is 6.38. The molecule has 17 heavy (non-hydrogen) atoms. The number of hydrogen-bond acceptors (Lipinski definition) is 4. The third kappa shape index (κ3) is 2.82. The fraction of sp³-hybridized carbons (Fsp3) is 0.200. The highest BCUT2D eigenvalue weighted by molar-refractivity contribution is 5.19. The van der Waals surface area contributed by atoms with Gasteiger partial charge < -0.3 is 9.84 Å². The number of nitrogens with one attached hydrogen (secondary N) is 1. The Morgan fingerprint density at radius 1 is 1.12 bits per heavy atom. The van der Waals surface area contributed by atoms with E-state index in [4.69, 9.17) is 0 Å². The Morgan fingerprint density at radius 3 is 2.41 bits per heavy atom. The predicted molar refractivity (Wildman–Crippen MR) is 51.2 cm³/mol. The van der Waals surface area contributed by atoms with E-state index in [1.54, 1.807) is 0 Å². The molecule has 2 aromatic rings. The maximum atomic E-state index is 12.9. The molecule has 0 bridgehead atoms. The van der Waals surface area contributed by atoms with Crippen molar-refractivity contribution in [3.63, 3.8) is 0 Å². The van der Waals surface area contributed by atoms with Gasteiger partial charge in [0.2, 0.25) is 6.39 Å². The summed E-state index contributed by atoms with van der Waals surface area (Å²) in [4.78, 5) is 3.75. The van der Waals surface area contributed by atoms with Crippen LogP contribution in [0.2, 0.25) is 0 Å². The Balaban J connectivity index is 1.95. The molecule has 0 aliphatic carbocycles. The minimum atomic E-state index is -1.47. The second kappa shape index (κ2) is 4.96. The van der Waals surface area contributed by atoms with Crippen LogP contribution in [0.1, 0.15) is 11.4 Å². The van der Waals surface area contributed by atoms with Crippen LogP contribution in [0.5, 0.6) is 0 Å². The molecule has 0 unspecified atom stereocenters. The zero-order chi connectivity index (χ0) is 12.3. The van der Waals surface area contributed by atoms with Crippen LogP contribution in [0.4, 0.5) is 13.2 Å². The molecule has 1 N–H and O–H groups in total. The lowest BCUT2D eigenvalue weighted by molar-refractivity contribution is 0.407. The third-order valence-corrected chi connectivity index (χ3v) is 2.06. The van der Waals surface area contributed by atoms with Crippen molar-refractivity contribution in [1.82, 2.24) is 15.5 Å². The summed E-state index contributed by atoms with van der Waals surface area (Å²) in [6.07, 6.45) is 1.17. The predicted octanol–water partition coefficient (Wildman–Crippen LogP) is 1.78. The van der Waals surface area contributed by atoms with E-state index in [1.807, 2.05) is 0 Å². The summed E-state index contributed by atoms with van der Waals surface area (Å²) >= 11 is 0. The van der Waals surface area contributed by atoms with Crippen LogP contribution in [0.3, 0.4) is 0 Å². The van der Waals surface area contributed by atoms with Gasteiger partial charge in [-0.25, -0.2) is 13.2 Å². The first-order valence-corrected chi connectivity index (χ1v) is 4.76. The molecule has 2 rings (SSSR count). The maximum absolute atomic E-state index is 12.9. The van der Waals surface area contributed by atoms with Crippen LogP contribution in [-0.2, 0) is 13.1 Å². The van der Waals surface area contributed by atoms with E-state index < -0.39 is 17.5 Å². The molecule has 0 aliphatic heterocycles. The Hall–Kier alpha value is -1.89. The first kappa shape index (κ1) is 11.6. The van der Waals surface area contributed by atoms with Crippen LogP contribution in [0.25, 0.3) is 0 Å². The van der Waals surface area contributed by atoms with E-state index in [0.717, 1.165) is 12.1 Å². The molecule has 1 aromatic carbocycles. The summed E-state index contributed by atoms with van der Waals surface area (Å²) in [7, 11) is 0.